The topological polar surface area (TPSA) is 40.5 Å². The van der Waals surface area contributed by atoms with E-state index in [0.717, 1.165) is 0 Å². The molecule has 0 saturated carbocycles. The minimum atomic E-state index is -0.560. The van der Waals surface area contributed by atoms with Gasteiger partial charge in [-0.15, -0.1) is 0 Å². The Morgan fingerprint density at radius 1 is 1.67 bits per heavy atom. The second-order valence-electron chi connectivity index (χ2n) is 1.03. The normalized spacial score (nSPS) is 12.5. The third-order valence-electron chi connectivity index (χ3n) is 0.264. The number of aliphatic hydroxyl groups excluding tert-OH is 2. The van der Waals surface area contributed by atoms with Crippen LogP contribution >= 0.6 is 0 Å². The summed E-state index contributed by atoms with van der Waals surface area (Å²) < 4.78 is 0. The molecule has 0 aliphatic carbocycles. The van der Waals surface area contributed by atoms with Crippen molar-refractivity contribution >= 4 is 0 Å². The standard InChI is InChI=1S/C3H8O2.Cu/c1-3(5)2-4;/h3-5H,2H2,1H3;. The average molecular weight is 140 g/mol. The largest absolute Gasteiger partial charge is 0.394 e. The molecule has 0 saturated heterocycles. The van der Waals surface area contributed by atoms with Gasteiger partial charge >= 0.3 is 0 Å². The van der Waals surface area contributed by atoms with Crippen molar-refractivity contribution in [1.82, 2.24) is 0 Å². The summed E-state index contributed by atoms with van der Waals surface area (Å²) in [5.41, 5.74) is 0. The van der Waals surface area contributed by atoms with Gasteiger partial charge in [-0.05, 0) is 6.92 Å². The van der Waals surface area contributed by atoms with Crippen LogP contribution in [-0.2, 0) is 17.1 Å². The molecule has 43 valence electrons. The Balaban J connectivity index is 0. The van der Waals surface area contributed by atoms with E-state index >= 15 is 0 Å². The summed E-state index contributed by atoms with van der Waals surface area (Å²) >= 11 is 0. The SMILES string of the molecule is CC(O)CO.[Cu]. The zero-order valence-electron chi connectivity index (χ0n) is 3.48. The second-order valence-corrected chi connectivity index (χ2v) is 1.03. The van der Waals surface area contributed by atoms with Crippen LogP contribution in [0.4, 0.5) is 0 Å². The number of hydrogen-bond acceptors (Lipinski definition) is 2. The Labute approximate surface area is 47.7 Å². The minimum absolute atomic E-state index is 0. The van der Waals surface area contributed by atoms with Gasteiger partial charge < -0.3 is 10.2 Å². The third-order valence-corrected chi connectivity index (χ3v) is 0.264. The van der Waals surface area contributed by atoms with Gasteiger partial charge in [0.2, 0.25) is 0 Å². The summed E-state index contributed by atoms with van der Waals surface area (Å²) in [5, 5.41) is 16.0. The fourth-order valence-electron chi connectivity index (χ4n) is 0. The third kappa shape index (κ3) is 8.83. The summed E-state index contributed by atoms with van der Waals surface area (Å²) in [6.45, 7) is 1.39. The molecule has 1 unspecified atom stereocenters. The molecule has 0 aromatic carbocycles. The summed E-state index contributed by atoms with van der Waals surface area (Å²) in [4.78, 5) is 0. The molecule has 2 N–H and O–H groups in total. The van der Waals surface area contributed by atoms with Crippen molar-refractivity contribution in [2.75, 3.05) is 6.61 Å². The molecule has 0 spiro atoms. The summed E-state index contributed by atoms with van der Waals surface area (Å²) in [7, 11) is 0. The molecule has 3 heteroatoms. The van der Waals surface area contributed by atoms with E-state index in [1.807, 2.05) is 0 Å². The fraction of sp³-hybridized carbons (Fsp3) is 1.00. The van der Waals surface area contributed by atoms with Gasteiger partial charge in [0, 0.05) is 17.1 Å². The maximum atomic E-state index is 8.11. The molecule has 1 radical (unpaired) electrons. The maximum Gasteiger partial charge on any atom is 0.0742 e. The Hall–Kier alpha value is 0.439. The van der Waals surface area contributed by atoms with Crippen molar-refractivity contribution in [2.24, 2.45) is 0 Å². The Morgan fingerprint density at radius 3 is 1.83 bits per heavy atom. The quantitative estimate of drug-likeness (QED) is 0.475. The van der Waals surface area contributed by atoms with Crippen LogP contribution in [0, 0.1) is 0 Å². The molecular weight excluding hydrogens is 132 g/mol. The van der Waals surface area contributed by atoms with Crippen molar-refractivity contribution in [1.29, 1.82) is 0 Å². The van der Waals surface area contributed by atoms with E-state index in [0.29, 0.717) is 0 Å². The van der Waals surface area contributed by atoms with Gasteiger partial charge in [-0.3, -0.25) is 0 Å². The van der Waals surface area contributed by atoms with Crippen molar-refractivity contribution in [3.05, 3.63) is 0 Å². The van der Waals surface area contributed by atoms with Crippen LogP contribution in [-0.4, -0.2) is 22.9 Å². The van der Waals surface area contributed by atoms with Crippen LogP contribution in [0.5, 0.6) is 0 Å². The van der Waals surface area contributed by atoms with Crippen molar-refractivity contribution < 1.29 is 27.3 Å². The molecule has 0 heterocycles. The first-order chi connectivity index (χ1) is 2.27. The average Bonchev–Trinajstić information content (AvgIpc) is 1.38. The smallest absolute Gasteiger partial charge is 0.0742 e. The molecule has 0 aromatic heterocycles. The van der Waals surface area contributed by atoms with E-state index in [9.17, 15) is 0 Å². The second kappa shape index (κ2) is 5.44. The molecule has 0 bridgehead atoms. The van der Waals surface area contributed by atoms with Crippen molar-refractivity contribution in [3.63, 3.8) is 0 Å². The van der Waals surface area contributed by atoms with Gasteiger partial charge in [0.25, 0.3) is 0 Å². The first-order valence-corrected chi connectivity index (χ1v) is 1.56. The van der Waals surface area contributed by atoms with E-state index in [1.54, 1.807) is 0 Å². The zero-order valence-corrected chi connectivity index (χ0v) is 4.42. The molecule has 0 amide bonds. The fourth-order valence-corrected chi connectivity index (χ4v) is 0. The van der Waals surface area contributed by atoms with E-state index in [1.165, 1.54) is 6.92 Å². The van der Waals surface area contributed by atoms with Gasteiger partial charge in [0.1, 0.15) is 0 Å². The molecular formula is C3H8CuO2. The Morgan fingerprint density at radius 2 is 1.83 bits per heavy atom. The van der Waals surface area contributed by atoms with Gasteiger partial charge in [-0.1, -0.05) is 0 Å². The maximum absolute atomic E-state index is 8.11. The molecule has 0 aliphatic heterocycles. The summed E-state index contributed by atoms with van der Waals surface area (Å²) in [6, 6.07) is 0. The zero-order chi connectivity index (χ0) is 4.28. The molecule has 2 nitrogen and oxygen atoms in total. The Kier molecular flexibility index (Phi) is 8.76. The van der Waals surface area contributed by atoms with Crippen LogP contribution in [0.15, 0.2) is 0 Å². The van der Waals surface area contributed by atoms with Crippen LogP contribution in [0.3, 0.4) is 0 Å². The molecule has 0 rings (SSSR count). The number of hydrogen-bond donors (Lipinski definition) is 2. The van der Waals surface area contributed by atoms with Crippen molar-refractivity contribution in [3.8, 4) is 0 Å². The van der Waals surface area contributed by atoms with E-state index in [2.05, 4.69) is 0 Å². The molecule has 0 aliphatic rings. The molecule has 0 aromatic rings. The van der Waals surface area contributed by atoms with Crippen LogP contribution in [0.1, 0.15) is 6.92 Å². The van der Waals surface area contributed by atoms with E-state index < -0.39 is 6.10 Å². The van der Waals surface area contributed by atoms with E-state index in [-0.39, 0.29) is 23.7 Å². The van der Waals surface area contributed by atoms with Crippen LogP contribution in [0.25, 0.3) is 0 Å². The predicted molar refractivity (Wildman–Crippen MR) is 18.8 cm³/mol. The van der Waals surface area contributed by atoms with E-state index in [4.69, 9.17) is 10.2 Å². The number of rotatable bonds is 1. The van der Waals surface area contributed by atoms with Gasteiger partial charge in [0.15, 0.2) is 0 Å². The van der Waals surface area contributed by atoms with Gasteiger partial charge in [-0.25, -0.2) is 0 Å². The van der Waals surface area contributed by atoms with Gasteiger partial charge in [0.05, 0.1) is 12.7 Å². The molecule has 1 atom stereocenters. The van der Waals surface area contributed by atoms with Crippen LogP contribution < -0.4 is 0 Å². The van der Waals surface area contributed by atoms with Gasteiger partial charge in [-0.2, -0.15) is 0 Å². The summed E-state index contributed by atoms with van der Waals surface area (Å²) in [5.74, 6) is 0. The first kappa shape index (κ1) is 9.67. The van der Waals surface area contributed by atoms with Crippen LogP contribution in [0.2, 0.25) is 0 Å². The molecule has 0 fully saturated rings. The minimum Gasteiger partial charge on any atom is -0.394 e. The monoisotopic (exact) mass is 139 g/mol. The summed E-state index contributed by atoms with van der Waals surface area (Å²) in [6.07, 6.45) is -0.560. The molecule has 6 heavy (non-hydrogen) atoms. The Bertz CT molecular complexity index is 22.8. The number of aliphatic hydroxyl groups is 2. The van der Waals surface area contributed by atoms with Crippen molar-refractivity contribution in [2.45, 2.75) is 13.0 Å². The first-order valence-electron chi connectivity index (χ1n) is 1.56. The predicted octanol–water partition coefficient (Wildman–Crippen LogP) is -0.643.